The summed E-state index contributed by atoms with van der Waals surface area (Å²) in [6.07, 6.45) is 2.19. The van der Waals surface area contributed by atoms with Crippen molar-refractivity contribution in [3.8, 4) is 5.75 Å². The van der Waals surface area contributed by atoms with E-state index in [1.165, 1.54) is 5.56 Å². The molecule has 0 heterocycles. The Bertz CT molecular complexity index is 404. The molecule has 0 radical (unpaired) electrons. The third kappa shape index (κ3) is 6.82. The molecule has 0 aromatic heterocycles. The smallest absolute Gasteiger partial charge is 0.119 e. The molecule has 0 amide bonds. The molecule has 4 heteroatoms. The van der Waals surface area contributed by atoms with E-state index in [0.29, 0.717) is 13.0 Å². The number of ether oxygens (including phenoxy) is 1. The number of oxime groups is 1. The minimum Gasteiger partial charge on any atom is -0.493 e. The first kappa shape index (κ1) is 15.5. The lowest BCUT2D eigenvalue weighted by Crippen LogP contribution is -2.21. The Kier molecular flexibility index (Phi) is 5.83. The van der Waals surface area contributed by atoms with Gasteiger partial charge in [-0.25, -0.2) is 0 Å². The van der Waals surface area contributed by atoms with Crippen LogP contribution in [0.3, 0.4) is 0 Å². The Labute approximate surface area is 114 Å². The molecular formula is C15H23NO3. The Hall–Kier alpha value is -1.55. The lowest BCUT2D eigenvalue weighted by Gasteiger charge is -2.17. The van der Waals surface area contributed by atoms with Gasteiger partial charge in [0.15, 0.2) is 0 Å². The summed E-state index contributed by atoms with van der Waals surface area (Å²) in [7, 11) is 0. The maximum atomic E-state index is 9.57. The van der Waals surface area contributed by atoms with Gasteiger partial charge in [0.05, 0.1) is 17.9 Å². The van der Waals surface area contributed by atoms with E-state index in [1.807, 2.05) is 24.3 Å². The number of aliphatic hydroxyl groups is 1. The number of hydrogen-bond acceptors (Lipinski definition) is 4. The largest absolute Gasteiger partial charge is 0.493 e. The van der Waals surface area contributed by atoms with Gasteiger partial charge in [0.1, 0.15) is 5.75 Å². The number of rotatable bonds is 7. The molecule has 0 spiro atoms. The first-order valence-corrected chi connectivity index (χ1v) is 6.52. The van der Waals surface area contributed by atoms with Gasteiger partial charge in [-0.3, -0.25) is 0 Å². The molecule has 106 valence electrons. The maximum Gasteiger partial charge on any atom is 0.119 e. The van der Waals surface area contributed by atoms with Crippen LogP contribution in [0.15, 0.2) is 29.4 Å². The molecule has 0 aliphatic carbocycles. The topological polar surface area (TPSA) is 62.0 Å². The molecule has 0 bridgehead atoms. The molecular weight excluding hydrogens is 242 g/mol. The van der Waals surface area contributed by atoms with E-state index in [4.69, 9.17) is 9.94 Å². The molecule has 0 saturated heterocycles. The molecule has 0 saturated carbocycles. The van der Waals surface area contributed by atoms with Crippen LogP contribution in [-0.4, -0.2) is 28.2 Å². The second-order valence-electron chi connectivity index (χ2n) is 5.39. The number of nitrogens with zero attached hydrogens (tertiary/aromatic N) is 1. The zero-order chi connectivity index (χ0) is 14.3. The van der Waals surface area contributed by atoms with Crippen LogP contribution in [-0.2, 0) is 6.42 Å². The fraction of sp³-hybridized carbons (Fsp3) is 0.533. The van der Waals surface area contributed by atoms with Crippen molar-refractivity contribution in [2.75, 3.05) is 6.61 Å². The van der Waals surface area contributed by atoms with Crippen LogP contribution in [0.5, 0.6) is 5.75 Å². The fourth-order valence-electron chi connectivity index (χ4n) is 1.55. The van der Waals surface area contributed by atoms with Gasteiger partial charge in [-0.15, -0.1) is 0 Å². The highest BCUT2D eigenvalue weighted by Gasteiger charge is 2.11. The predicted molar refractivity (Wildman–Crippen MR) is 76.1 cm³/mol. The number of hydrogen-bond donors (Lipinski definition) is 2. The molecule has 0 fully saturated rings. The lowest BCUT2D eigenvalue weighted by molar-refractivity contribution is 0.0553. The van der Waals surface area contributed by atoms with Crippen molar-refractivity contribution in [3.63, 3.8) is 0 Å². The summed E-state index contributed by atoms with van der Waals surface area (Å²) in [5.74, 6) is 0.806. The molecule has 1 aromatic rings. The summed E-state index contributed by atoms with van der Waals surface area (Å²) < 4.78 is 5.56. The fourth-order valence-corrected chi connectivity index (χ4v) is 1.55. The van der Waals surface area contributed by atoms with E-state index in [2.05, 4.69) is 5.16 Å². The first-order valence-electron chi connectivity index (χ1n) is 6.52. The van der Waals surface area contributed by atoms with E-state index in [-0.39, 0.29) is 0 Å². The standard InChI is InChI=1S/C15H23NO3/c1-12(16-18)4-5-13-6-8-14(9-7-13)19-11-10-15(2,3)17/h6-9,17-18H,4-5,10-11H2,1-3H3. The minimum absolute atomic E-state index is 0.499. The van der Waals surface area contributed by atoms with Crippen molar-refractivity contribution in [1.82, 2.24) is 0 Å². The van der Waals surface area contributed by atoms with Gasteiger partial charge >= 0.3 is 0 Å². The Morgan fingerprint density at radius 3 is 2.42 bits per heavy atom. The summed E-state index contributed by atoms with van der Waals surface area (Å²) >= 11 is 0. The van der Waals surface area contributed by atoms with Crippen LogP contribution in [0.2, 0.25) is 0 Å². The highest BCUT2D eigenvalue weighted by Crippen LogP contribution is 2.15. The highest BCUT2D eigenvalue weighted by molar-refractivity contribution is 5.81. The third-order valence-corrected chi connectivity index (χ3v) is 2.85. The van der Waals surface area contributed by atoms with Crippen LogP contribution in [0.1, 0.15) is 39.2 Å². The molecule has 1 aromatic carbocycles. The average molecular weight is 265 g/mol. The van der Waals surface area contributed by atoms with Gasteiger partial charge in [0.25, 0.3) is 0 Å². The zero-order valence-corrected chi connectivity index (χ0v) is 11.9. The van der Waals surface area contributed by atoms with E-state index >= 15 is 0 Å². The first-order chi connectivity index (χ1) is 8.90. The van der Waals surface area contributed by atoms with Crippen LogP contribution in [0.25, 0.3) is 0 Å². The normalized spacial score (nSPS) is 12.5. The summed E-state index contributed by atoms with van der Waals surface area (Å²) in [4.78, 5) is 0. The van der Waals surface area contributed by atoms with Gasteiger partial charge in [0.2, 0.25) is 0 Å². The van der Waals surface area contributed by atoms with E-state index in [1.54, 1.807) is 20.8 Å². The van der Waals surface area contributed by atoms with Crippen molar-refractivity contribution in [3.05, 3.63) is 29.8 Å². The molecule has 1 rings (SSSR count). The van der Waals surface area contributed by atoms with Crippen LogP contribution in [0.4, 0.5) is 0 Å². The van der Waals surface area contributed by atoms with Crippen LogP contribution >= 0.6 is 0 Å². The summed E-state index contributed by atoms with van der Waals surface area (Å²) in [6, 6.07) is 7.85. The second kappa shape index (κ2) is 7.14. The molecule has 0 unspecified atom stereocenters. The van der Waals surface area contributed by atoms with Crippen molar-refractivity contribution in [2.24, 2.45) is 5.16 Å². The third-order valence-electron chi connectivity index (χ3n) is 2.85. The van der Waals surface area contributed by atoms with Crippen molar-refractivity contribution >= 4 is 5.71 Å². The van der Waals surface area contributed by atoms with Crippen LogP contribution in [0, 0.1) is 0 Å². The maximum absolute atomic E-state index is 9.57. The molecule has 0 aliphatic rings. The quantitative estimate of drug-likeness (QED) is 0.452. The van der Waals surface area contributed by atoms with Gasteiger partial charge < -0.3 is 15.1 Å². The van der Waals surface area contributed by atoms with E-state index < -0.39 is 5.60 Å². The molecule has 4 nitrogen and oxygen atoms in total. The van der Waals surface area contributed by atoms with Gasteiger partial charge in [0, 0.05) is 6.42 Å². The summed E-state index contributed by atoms with van der Waals surface area (Å²) in [6.45, 7) is 5.84. The zero-order valence-electron chi connectivity index (χ0n) is 11.9. The van der Waals surface area contributed by atoms with Gasteiger partial charge in [-0.1, -0.05) is 17.3 Å². The Morgan fingerprint density at radius 2 is 1.89 bits per heavy atom. The van der Waals surface area contributed by atoms with E-state index in [0.717, 1.165) is 24.3 Å². The minimum atomic E-state index is -0.693. The van der Waals surface area contributed by atoms with E-state index in [9.17, 15) is 5.11 Å². The van der Waals surface area contributed by atoms with Gasteiger partial charge in [-0.2, -0.15) is 0 Å². The van der Waals surface area contributed by atoms with Gasteiger partial charge in [-0.05, 0) is 51.3 Å². The predicted octanol–water partition coefficient (Wildman–Crippen LogP) is 3.01. The second-order valence-corrected chi connectivity index (χ2v) is 5.39. The lowest BCUT2D eigenvalue weighted by atomic mass is 10.1. The Balaban J connectivity index is 2.39. The Morgan fingerprint density at radius 1 is 1.26 bits per heavy atom. The SMILES string of the molecule is CC(CCc1ccc(OCCC(C)(C)O)cc1)=NO. The van der Waals surface area contributed by atoms with Crippen LogP contribution < -0.4 is 4.74 Å². The monoisotopic (exact) mass is 265 g/mol. The summed E-state index contributed by atoms with van der Waals surface area (Å²) in [5.41, 5.74) is 1.21. The molecule has 0 aliphatic heterocycles. The highest BCUT2D eigenvalue weighted by atomic mass is 16.5. The molecule has 0 atom stereocenters. The number of aryl methyl sites for hydroxylation is 1. The number of benzene rings is 1. The summed E-state index contributed by atoms with van der Waals surface area (Å²) in [5, 5.41) is 21.3. The molecule has 2 N–H and O–H groups in total. The van der Waals surface area contributed by atoms with Crippen molar-refractivity contribution in [2.45, 2.75) is 45.6 Å². The average Bonchev–Trinajstić information content (AvgIpc) is 2.36. The molecule has 19 heavy (non-hydrogen) atoms. The van der Waals surface area contributed by atoms with Crippen molar-refractivity contribution < 1.29 is 15.1 Å². The van der Waals surface area contributed by atoms with Crippen molar-refractivity contribution in [1.29, 1.82) is 0 Å².